The first kappa shape index (κ1) is 9.52. The summed E-state index contributed by atoms with van der Waals surface area (Å²) in [6.45, 7) is 1.77. The van der Waals surface area contributed by atoms with Gasteiger partial charge in [0.15, 0.2) is 5.82 Å². The molecule has 0 bridgehead atoms. The quantitative estimate of drug-likeness (QED) is 0.738. The summed E-state index contributed by atoms with van der Waals surface area (Å²) >= 11 is 0. The Balaban J connectivity index is 2.47. The minimum atomic E-state index is 0.412. The lowest BCUT2D eigenvalue weighted by Crippen LogP contribution is -1.96. The molecule has 1 aromatic heterocycles. The van der Waals surface area contributed by atoms with Crippen LogP contribution in [0.5, 0.6) is 0 Å². The zero-order valence-electron chi connectivity index (χ0n) is 8.27. The zero-order valence-corrected chi connectivity index (χ0v) is 8.27. The van der Waals surface area contributed by atoms with Crippen LogP contribution >= 0.6 is 0 Å². The maximum atomic E-state index is 10.5. The highest BCUT2D eigenvalue weighted by Crippen LogP contribution is 2.14. The van der Waals surface area contributed by atoms with Crippen molar-refractivity contribution in [2.24, 2.45) is 0 Å². The fourth-order valence-corrected chi connectivity index (χ4v) is 1.29. The number of hydrogen-bond acceptors (Lipinski definition) is 3. The lowest BCUT2D eigenvalue weighted by atomic mass is 10.2. The van der Waals surface area contributed by atoms with Crippen LogP contribution < -0.4 is 0 Å². The zero-order chi connectivity index (χ0) is 10.7. The van der Waals surface area contributed by atoms with Crippen LogP contribution in [0.25, 0.3) is 11.4 Å². The first-order valence-corrected chi connectivity index (χ1v) is 4.58. The molecule has 0 fully saturated rings. The van der Waals surface area contributed by atoms with E-state index in [1.165, 1.54) is 6.20 Å². The molecule has 0 N–H and O–H groups in total. The smallest absolute Gasteiger partial charge is 0.237 e. The van der Waals surface area contributed by atoms with E-state index in [1.807, 2.05) is 30.3 Å². The number of nitrogens with zero attached hydrogens (tertiary/aromatic N) is 2. The molecular weight excluding hydrogens is 188 g/mol. The van der Waals surface area contributed by atoms with Gasteiger partial charge in [0.2, 0.25) is 6.29 Å². The summed E-state index contributed by atoms with van der Waals surface area (Å²) in [4.78, 5) is 18.8. The molecule has 0 unspecified atom stereocenters. The summed E-state index contributed by atoms with van der Waals surface area (Å²) < 4.78 is 0. The summed E-state index contributed by atoms with van der Waals surface area (Å²) in [5.41, 5.74) is 2.01. The highest BCUT2D eigenvalue weighted by atomic mass is 16.1. The lowest BCUT2D eigenvalue weighted by Gasteiger charge is -2.01. The second-order valence-electron chi connectivity index (χ2n) is 3.16. The Morgan fingerprint density at radius 1 is 1.20 bits per heavy atom. The SMILES string of the molecule is Cc1nc(-c2ccccc2)ncc1[C]=O. The van der Waals surface area contributed by atoms with Gasteiger partial charge < -0.3 is 0 Å². The Morgan fingerprint density at radius 3 is 2.53 bits per heavy atom. The van der Waals surface area contributed by atoms with Crippen LogP contribution in [-0.4, -0.2) is 16.3 Å². The van der Waals surface area contributed by atoms with Crippen molar-refractivity contribution in [3.63, 3.8) is 0 Å². The molecule has 0 amide bonds. The molecule has 1 heterocycles. The second-order valence-corrected chi connectivity index (χ2v) is 3.16. The molecule has 73 valence electrons. The summed E-state index contributed by atoms with van der Waals surface area (Å²) in [7, 11) is 0. The summed E-state index contributed by atoms with van der Waals surface area (Å²) in [5.74, 6) is 0.632. The lowest BCUT2D eigenvalue weighted by molar-refractivity contribution is 0.562. The molecule has 3 heteroatoms. The van der Waals surface area contributed by atoms with E-state index in [2.05, 4.69) is 9.97 Å². The largest absolute Gasteiger partial charge is 0.285 e. The maximum Gasteiger partial charge on any atom is 0.237 e. The van der Waals surface area contributed by atoms with Crippen LogP contribution in [0.4, 0.5) is 0 Å². The van der Waals surface area contributed by atoms with Crippen molar-refractivity contribution in [3.05, 3.63) is 47.8 Å². The van der Waals surface area contributed by atoms with Crippen LogP contribution in [0.2, 0.25) is 0 Å². The second kappa shape index (κ2) is 4.00. The Morgan fingerprint density at radius 2 is 1.93 bits per heavy atom. The normalized spacial score (nSPS) is 9.93. The van der Waals surface area contributed by atoms with Crippen molar-refractivity contribution in [1.29, 1.82) is 0 Å². The Bertz CT molecular complexity index is 480. The summed E-state index contributed by atoms with van der Waals surface area (Å²) in [5, 5.41) is 0. The van der Waals surface area contributed by atoms with Crippen molar-refractivity contribution in [2.45, 2.75) is 6.92 Å². The maximum absolute atomic E-state index is 10.5. The van der Waals surface area contributed by atoms with Crippen molar-refractivity contribution in [1.82, 2.24) is 9.97 Å². The molecule has 0 saturated carbocycles. The third kappa shape index (κ3) is 1.91. The number of aryl methyl sites for hydroxylation is 1. The van der Waals surface area contributed by atoms with Gasteiger partial charge in [-0.1, -0.05) is 30.3 Å². The molecule has 0 aliphatic heterocycles. The van der Waals surface area contributed by atoms with Crippen LogP contribution in [-0.2, 0) is 4.79 Å². The van der Waals surface area contributed by atoms with Gasteiger partial charge in [0.25, 0.3) is 0 Å². The monoisotopic (exact) mass is 197 g/mol. The van der Waals surface area contributed by atoms with Crippen molar-refractivity contribution >= 4 is 6.29 Å². The number of benzene rings is 1. The number of aromatic nitrogens is 2. The standard InChI is InChI=1S/C12H9N2O/c1-9-11(8-15)7-13-12(14-9)10-5-3-2-4-6-10/h2-7H,1H3. The van der Waals surface area contributed by atoms with Crippen molar-refractivity contribution < 1.29 is 4.79 Å². The molecule has 15 heavy (non-hydrogen) atoms. The summed E-state index contributed by atoms with van der Waals surface area (Å²) in [6, 6.07) is 9.64. The molecule has 1 aromatic carbocycles. The third-order valence-electron chi connectivity index (χ3n) is 2.12. The first-order valence-electron chi connectivity index (χ1n) is 4.58. The molecule has 0 aliphatic carbocycles. The Hall–Kier alpha value is -2.03. The molecule has 0 spiro atoms. The van der Waals surface area contributed by atoms with Gasteiger partial charge >= 0.3 is 0 Å². The molecular formula is C12H9N2O. The van der Waals surface area contributed by atoms with Gasteiger partial charge in [-0.2, -0.15) is 0 Å². The van der Waals surface area contributed by atoms with Gasteiger partial charge in [-0.15, -0.1) is 0 Å². The molecule has 0 saturated heterocycles. The minimum absolute atomic E-state index is 0.412. The Kier molecular flexibility index (Phi) is 2.54. The minimum Gasteiger partial charge on any atom is -0.285 e. The van der Waals surface area contributed by atoms with E-state index in [4.69, 9.17) is 0 Å². The third-order valence-corrected chi connectivity index (χ3v) is 2.12. The summed E-state index contributed by atoms with van der Waals surface area (Å²) in [6.07, 6.45) is 3.30. The predicted octanol–water partition coefficient (Wildman–Crippen LogP) is 1.91. The average molecular weight is 197 g/mol. The van der Waals surface area contributed by atoms with Gasteiger partial charge in [0, 0.05) is 11.8 Å². The van der Waals surface area contributed by atoms with Gasteiger partial charge in [0.1, 0.15) is 0 Å². The van der Waals surface area contributed by atoms with E-state index in [1.54, 1.807) is 13.2 Å². The number of rotatable bonds is 2. The molecule has 0 aliphatic rings. The number of carbonyl (C=O) groups excluding carboxylic acids is 1. The van der Waals surface area contributed by atoms with Crippen LogP contribution in [0, 0.1) is 6.92 Å². The van der Waals surface area contributed by atoms with E-state index in [9.17, 15) is 4.79 Å². The molecule has 1 radical (unpaired) electrons. The van der Waals surface area contributed by atoms with Gasteiger partial charge in [-0.3, -0.25) is 4.79 Å². The average Bonchev–Trinajstić information content (AvgIpc) is 2.30. The van der Waals surface area contributed by atoms with E-state index < -0.39 is 0 Å². The first-order chi connectivity index (χ1) is 7.31. The van der Waals surface area contributed by atoms with E-state index in [-0.39, 0.29) is 0 Å². The van der Waals surface area contributed by atoms with E-state index in [0.29, 0.717) is 17.1 Å². The van der Waals surface area contributed by atoms with E-state index >= 15 is 0 Å². The highest BCUT2D eigenvalue weighted by molar-refractivity contribution is 5.76. The van der Waals surface area contributed by atoms with Crippen LogP contribution in [0.1, 0.15) is 11.3 Å². The van der Waals surface area contributed by atoms with E-state index in [0.717, 1.165) is 5.56 Å². The molecule has 2 rings (SSSR count). The van der Waals surface area contributed by atoms with Crippen molar-refractivity contribution in [2.75, 3.05) is 0 Å². The molecule has 3 nitrogen and oxygen atoms in total. The topological polar surface area (TPSA) is 42.9 Å². The Labute approximate surface area is 87.8 Å². The predicted molar refractivity (Wildman–Crippen MR) is 57.0 cm³/mol. The van der Waals surface area contributed by atoms with Crippen molar-refractivity contribution in [3.8, 4) is 11.4 Å². The van der Waals surface area contributed by atoms with Crippen LogP contribution in [0.15, 0.2) is 36.5 Å². The fourth-order valence-electron chi connectivity index (χ4n) is 1.29. The van der Waals surface area contributed by atoms with Gasteiger partial charge in [-0.05, 0) is 6.92 Å². The number of hydrogen-bond donors (Lipinski definition) is 0. The van der Waals surface area contributed by atoms with Crippen LogP contribution in [0.3, 0.4) is 0 Å². The molecule has 2 aromatic rings. The highest BCUT2D eigenvalue weighted by Gasteiger charge is 2.04. The van der Waals surface area contributed by atoms with Gasteiger partial charge in [-0.25, -0.2) is 9.97 Å². The molecule has 0 atom stereocenters. The van der Waals surface area contributed by atoms with Gasteiger partial charge in [0.05, 0.1) is 11.3 Å². The fraction of sp³-hybridized carbons (Fsp3) is 0.0833.